The van der Waals surface area contributed by atoms with Gasteiger partial charge in [0.25, 0.3) is 0 Å². The van der Waals surface area contributed by atoms with Gasteiger partial charge in [-0.3, -0.25) is 9.59 Å². The summed E-state index contributed by atoms with van der Waals surface area (Å²) in [5, 5.41) is 10.9. The van der Waals surface area contributed by atoms with Gasteiger partial charge in [0.15, 0.2) is 0 Å². The van der Waals surface area contributed by atoms with Gasteiger partial charge < -0.3 is 15.3 Å². The molecule has 0 radical (unpaired) electrons. The molecule has 1 aliphatic carbocycles. The highest BCUT2D eigenvalue weighted by Crippen LogP contribution is 2.28. The number of aliphatic carboxylic acids is 1. The summed E-state index contributed by atoms with van der Waals surface area (Å²) in [7, 11) is 0. The Morgan fingerprint density at radius 3 is 2.43 bits per heavy atom. The molecule has 1 aromatic carbocycles. The molecule has 114 valence electrons. The molecule has 2 N–H and O–H groups in total. The largest absolute Gasteiger partial charge is 0.480 e. The van der Waals surface area contributed by atoms with Gasteiger partial charge in [0.2, 0.25) is 5.91 Å². The van der Waals surface area contributed by atoms with Crippen molar-refractivity contribution in [2.24, 2.45) is 0 Å². The van der Waals surface area contributed by atoms with Gasteiger partial charge in [0, 0.05) is 11.7 Å². The summed E-state index contributed by atoms with van der Waals surface area (Å²) in [5.74, 6) is -1.73. The van der Waals surface area contributed by atoms with Crippen molar-refractivity contribution in [2.45, 2.75) is 31.7 Å². The van der Waals surface area contributed by atoms with E-state index in [9.17, 15) is 14.0 Å². The molecule has 0 heterocycles. The Bertz CT molecular complexity index is 498. The topological polar surface area (TPSA) is 69.6 Å². The van der Waals surface area contributed by atoms with Gasteiger partial charge in [-0.05, 0) is 37.1 Å². The SMILES string of the molecule is O=C(O)CNC(=O)CN(c1ccc(F)cc1)C1CCCC1. The van der Waals surface area contributed by atoms with Crippen LogP contribution >= 0.6 is 0 Å². The molecule has 0 saturated heterocycles. The van der Waals surface area contributed by atoms with E-state index in [1.165, 1.54) is 12.1 Å². The number of carboxylic acids is 1. The molecular weight excluding hydrogens is 275 g/mol. The maximum absolute atomic E-state index is 13.0. The van der Waals surface area contributed by atoms with Crippen LogP contribution in [-0.2, 0) is 9.59 Å². The van der Waals surface area contributed by atoms with Crippen LogP contribution in [0.4, 0.5) is 10.1 Å². The Labute approximate surface area is 122 Å². The lowest BCUT2D eigenvalue weighted by Crippen LogP contribution is -2.43. The summed E-state index contributed by atoms with van der Waals surface area (Å²) < 4.78 is 13.0. The number of nitrogens with one attached hydrogen (secondary N) is 1. The van der Waals surface area contributed by atoms with Crippen molar-refractivity contribution in [1.29, 1.82) is 0 Å². The zero-order chi connectivity index (χ0) is 15.2. The molecular formula is C15H19FN2O3. The Balaban J connectivity index is 2.06. The van der Waals surface area contributed by atoms with Gasteiger partial charge in [0.05, 0.1) is 6.54 Å². The van der Waals surface area contributed by atoms with E-state index in [2.05, 4.69) is 5.32 Å². The van der Waals surface area contributed by atoms with Crippen LogP contribution in [0.25, 0.3) is 0 Å². The van der Waals surface area contributed by atoms with Crippen LogP contribution in [0.15, 0.2) is 24.3 Å². The standard InChI is InChI=1S/C15H19FN2O3/c16-11-5-7-13(8-6-11)18(12-3-1-2-4-12)10-14(19)17-9-15(20)21/h5-8,12H,1-4,9-10H2,(H,17,19)(H,20,21). The number of amides is 1. The first-order chi connectivity index (χ1) is 10.1. The predicted molar refractivity (Wildman–Crippen MR) is 76.6 cm³/mol. The normalized spacial score (nSPS) is 14.9. The molecule has 6 heteroatoms. The van der Waals surface area contributed by atoms with Crippen molar-refractivity contribution in [1.82, 2.24) is 5.32 Å². The second-order valence-corrected chi connectivity index (χ2v) is 5.21. The molecule has 5 nitrogen and oxygen atoms in total. The predicted octanol–water partition coefficient (Wildman–Crippen LogP) is 1.78. The van der Waals surface area contributed by atoms with Crippen molar-refractivity contribution in [3.8, 4) is 0 Å². The van der Waals surface area contributed by atoms with Gasteiger partial charge in [0.1, 0.15) is 12.4 Å². The Hall–Kier alpha value is -2.11. The van der Waals surface area contributed by atoms with Gasteiger partial charge in [-0.15, -0.1) is 0 Å². The molecule has 0 unspecified atom stereocenters. The number of carbonyl (C=O) groups is 2. The molecule has 1 saturated carbocycles. The summed E-state index contributed by atoms with van der Waals surface area (Å²) in [6.45, 7) is -0.301. The molecule has 1 aliphatic rings. The van der Waals surface area contributed by atoms with Crippen LogP contribution in [0.1, 0.15) is 25.7 Å². The highest BCUT2D eigenvalue weighted by atomic mass is 19.1. The second kappa shape index (κ2) is 7.06. The Kier molecular flexibility index (Phi) is 5.14. The van der Waals surface area contributed by atoms with E-state index in [1.807, 2.05) is 4.90 Å². The zero-order valence-electron chi connectivity index (χ0n) is 11.7. The first kappa shape index (κ1) is 15.3. The van der Waals surface area contributed by atoms with Crippen molar-refractivity contribution >= 4 is 17.6 Å². The van der Waals surface area contributed by atoms with Crippen LogP contribution in [0.5, 0.6) is 0 Å². The molecule has 0 atom stereocenters. The minimum atomic E-state index is -1.07. The average molecular weight is 294 g/mol. The van der Waals surface area contributed by atoms with Gasteiger partial charge >= 0.3 is 5.97 Å². The molecule has 21 heavy (non-hydrogen) atoms. The number of hydrogen-bond acceptors (Lipinski definition) is 3. The van der Waals surface area contributed by atoms with Crippen LogP contribution < -0.4 is 10.2 Å². The molecule has 2 rings (SSSR count). The van der Waals surface area contributed by atoms with E-state index in [1.54, 1.807) is 12.1 Å². The van der Waals surface area contributed by atoms with E-state index in [0.717, 1.165) is 31.4 Å². The van der Waals surface area contributed by atoms with Crippen molar-refractivity contribution in [2.75, 3.05) is 18.0 Å². The highest BCUT2D eigenvalue weighted by Gasteiger charge is 2.24. The summed E-state index contributed by atoms with van der Waals surface area (Å²) in [4.78, 5) is 24.3. The average Bonchev–Trinajstić information content (AvgIpc) is 2.97. The summed E-state index contributed by atoms with van der Waals surface area (Å²) in [6.07, 6.45) is 4.20. The van der Waals surface area contributed by atoms with E-state index in [-0.39, 0.29) is 30.9 Å². The Morgan fingerprint density at radius 1 is 1.24 bits per heavy atom. The summed E-state index contributed by atoms with van der Waals surface area (Å²) >= 11 is 0. The third kappa shape index (κ3) is 4.44. The number of hydrogen-bond donors (Lipinski definition) is 2. The number of rotatable bonds is 6. The van der Waals surface area contributed by atoms with Gasteiger partial charge in [-0.2, -0.15) is 0 Å². The van der Waals surface area contributed by atoms with E-state index in [4.69, 9.17) is 5.11 Å². The van der Waals surface area contributed by atoms with Crippen LogP contribution in [0, 0.1) is 5.82 Å². The molecule has 0 spiro atoms. The summed E-state index contributed by atoms with van der Waals surface area (Å²) in [6, 6.07) is 6.28. The van der Waals surface area contributed by atoms with Crippen molar-refractivity contribution in [3.63, 3.8) is 0 Å². The molecule has 0 aromatic heterocycles. The van der Waals surface area contributed by atoms with Crippen LogP contribution in [0.2, 0.25) is 0 Å². The molecule has 1 fully saturated rings. The quantitative estimate of drug-likeness (QED) is 0.839. The van der Waals surface area contributed by atoms with Crippen LogP contribution in [0.3, 0.4) is 0 Å². The fourth-order valence-corrected chi connectivity index (χ4v) is 2.66. The third-order valence-corrected chi connectivity index (χ3v) is 3.67. The van der Waals surface area contributed by atoms with Crippen LogP contribution in [-0.4, -0.2) is 36.1 Å². The Morgan fingerprint density at radius 2 is 1.86 bits per heavy atom. The minimum absolute atomic E-state index is 0.0869. The smallest absolute Gasteiger partial charge is 0.322 e. The molecule has 1 amide bonds. The highest BCUT2D eigenvalue weighted by molar-refractivity contribution is 5.84. The lowest BCUT2D eigenvalue weighted by Gasteiger charge is -2.30. The van der Waals surface area contributed by atoms with Crippen molar-refractivity contribution in [3.05, 3.63) is 30.1 Å². The maximum Gasteiger partial charge on any atom is 0.322 e. The zero-order valence-corrected chi connectivity index (χ0v) is 11.7. The lowest BCUT2D eigenvalue weighted by atomic mass is 10.1. The minimum Gasteiger partial charge on any atom is -0.480 e. The number of anilines is 1. The van der Waals surface area contributed by atoms with Crippen molar-refractivity contribution < 1.29 is 19.1 Å². The number of halogens is 1. The van der Waals surface area contributed by atoms with Gasteiger partial charge in [-0.1, -0.05) is 12.8 Å². The molecule has 0 aliphatic heterocycles. The fourth-order valence-electron chi connectivity index (χ4n) is 2.66. The third-order valence-electron chi connectivity index (χ3n) is 3.67. The number of carboxylic acid groups (broad SMARTS) is 1. The lowest BCUT2D eigenvalue weighted by molar-refractivity contribution is -0.137. The monoisotopic (exact) mass is 294 g/mol. The maximum atomic E-state index is 13.0. The van der Waals surface area contributed by atoms with E-state index in [0.29, 0.717) is 0 Å². The first-order valence-electron chi connectivity index (χ1n) is 7.07. The molecule has 0 bridgehead atoms. The van der Waals surface area contributed by atoms with E-state index >= 15 is 0 Å². The summed E-state index contributed by atoms with van der Waals surface area (Å²) in [5.41, 5.74) is 0.786. The number of benzene rings is 1. The number of carbonyl (C=O) groups excluding carboxylic acids is 1. The van der Waals surface area contributed by atoms with E-state index < -0.39 is 5.97 Å². The van der Waals surface area contributed by atoms with Gasteiger partial charge in [-0.25, -0.2) is 4.39 Å². The first-order valence-corrected chi connectivity index (χ1v) is 7.07. The fraction of sp³-hybridized carbons (Fsp3) is 0.467. The second-order valence-electron chi connectivity index (χ2n) is 5.21. The molecule has 1 aromatic rings. The number of nitrogens with zero attached hydrogens (tertiary/aromatic N) is 1.